The molecule has 6 nitrogen and oxygen atoms in total. The maximum absolute atomic E-state index is 9.05. The van der Waals surface area contributed by atoms with E-state index in [2.05, 4.69) is 10.1 Å². The summed E-state index contributed by atoms with van der Waals surface area (Å²) in [5.41, 5.74) is 10.8. The summed E-state index contributed by atoms with van der Waals surface area (Å²) >= 11 is 0. The van der Waals surface area contributed by atoms with Gasteiger partial charge in [0.2, 0.25) is 0 Å². The first-order chi connectivity index (χ1) is 10.1. The lowest BCUT2D eigenvalue weighted by Crippen LogP contribution is -2.20. The third-order valence-electron chi connectivity index (χ3n) is 4.14. The van der Waals surface area contributed by atoms with Crippen LogP contribution in [0.15, 0.2) is 17.5 Å². The van der Waals surface area contributed by atoms with E-state index in [0.29, 0.717) is 11.4 Å². The molecule has 0 spiro atoms. The van der Waals surface area contributed by atoms with Gasteiger partial charge in [-0.3, -0.25) is 4.57 Å². The van der Waals surface area contributed by atoms with Crippen LogP contribution in [-0.2, 0) is 12.8 Å². The van der Waals surface area contributed by atoms with E-state index in [1.165, 1.54) is 5.56 Å². The molecule has 1 aliphatic carbocycles. The Kier molecular flexibility index (Phi) is 3.37. The van der Waals surface area contributed by atoms with E-state index in [-0.39, 0.29) is 5.84 Å². The average Bonchev–Trinajstić information content (AvgIpc) is 2.85. The smallest absolute Gasteiger partial charge is 0.173 e. The zero-order chi connectivity index (χ0) is 15.0. The quantitative estimate of drug-likeness (QED) is 0.381. The third kappa shape index (κ3) is 2.26. The Hall–Kier alpha value is -2.37. The lowest BCUT2D eigenvalue weighted by atomic mass is 9.94. The molecule has 6 heteroatoms. The predicted molar refractivity (Wildman–Crippen MR) is 80.0 cm³/mol. The minimum absolute atomic E-state index is 0.0802. The van der Waals surface area contributed by atoms with Crippen molar-refractivity contribution in [2.75, 3.05) is 0 Å². The summed E-state index contributed by atoms with van der Waals surface area (Å²) in [5, 5.41) is 12.2. The summed E-state index contributed by atoms with van der Waals surface area (Å²) in [7, 11) is 0. The van der Waals surface area contributed by atoms with Crippen LogP contribution in [0.5, 0.6) is 0 Å². The molecule has 110 valence electrons. The summed E-state index contributed by atoms with van der Waals surface area (Å²) in [6.07, 6.45) is 6.02. The highest BCUT2D eigenvalue weighted by Gasteiger charge is 2.19. The molecule has 0 saturated heterocycles. The average molecular weight is 285 g/mol. The Bertz CT molecular complexity index is 717. The van der Waals surface area contributed by atoms with Crippen molar-refractivity contribution in [1.82, 2.24) is 14.5 Å². The zero-order valence-corrected chi connectivity index (χ0v) is 12.3. The number of hydrogen-bond donors (Lipinski definition) is 2. The summed E-state index contributed by atoms with van der Waals surface area (Å²) in [5.74, 6) is 0.765. The van der Waals surface area contributed by atoms with Crippen molar-refractivity contribution < 1.29 is 5.21 Å². The number of imidazole rings is 1. The predicted octanol–water partition coefficient (Wildman–Crippen LogP) is 1.86. The second kappa shape index (κ2) is 5.20. The van der Waals surface area contributed by atoms with Crippen LogP contribution >= 0.6 is 0 Å². The first kappa shape index (κ1) is 13.6. The number of aromatic nitrogens is 3. The molecule has 1 aliphatic rings. The Morgan fingerprint density at radius 1 is 1.33 bits per heavy atom. The molecular weight excluding hydrogens is 266 g/mol. The Morgan fingerprint density at radius 3 is 2.76 bits per heavy atom. The van der Waals surface area contributed by atoms with Crippen molar-refractivity contribution in [3.63, 3.8) is 0 Å². The van der Waals surface area contributed by atoms with E-state index in [4.69, 9.17) is 15.9 Å². The van der Waals surface area contributed by atoms with Gasteiger partial charge in [0.25, 0.3) is 0 Å². The minimum atomic E-state index is 0.0802. The maximum atomic E-state index is 9.05. The summed E-state index contributed by atoms with van der Waals surface area (Å²) in [6.45, 7) is 3.94. The highest BCUT2D eigenvalue weighted by Crippen LogP contribution is 2.25. The molecular formula is C15H19N5O. The van der Waals surface area contributed by atoms with Crippen LogP contribution in [-0.4, -0.2) is 25.6 Å². The molecule has 2 aromatic heterocycles. The largest absolute Gasteiger partial charge is 0.409 e. The van der Waals surface area contributed by atoms with E-state index in [1.54, 1.807) is 6.33 Å². The number of nitrogens with two attached hydrogens (primary N) is 1. The standard InChI is InChI=1S/C15H19N5O/c1-9-10(2)20(8-17-9)15-12(14(16)19-21)7-11-5-3-4-6-13(11)18-15/h7-8,21H,3-6H2,1-2H3,(H2,16,19). The van der Waals surface area contributed by atoms with Crippen LogP contribution < -0.4 is 5.73 Å². The molecule has 3 rings (SSSR count). The second-order valence-corrected chi connectivity index (χ2v) is 5.44. The number of rotatable bonds is 2. The van der Waals surface area contributed by atoms with Gasteiger partial charge in [0.1, 0.15) is 12.1 Å². The van der Waals surface area contributed by atoms with Crippen molar-refractivity contribution in [2.45, 2.75) is 39.5 Å². The Balaban J connectivity index is 2.24. The van der Waals surface area contributed by atoms with Gasteiger partial charge in [-0.25, -0.2) is 9.97 Å². The molecule has 3 N–H and O–H groups in total. The highest BCUT2D eigenvalue weighted by molar-refractivity contribution is 6.00. The minimum Gasteiger partial charge on any atom is -0.409 e. The van der Waals surface area contributed by atoms with Crippen molar-refractivity contribution >= 4 is 5.84 Å². The van der Waals surface area contributed by atoms with Gasteiger partial charge in [0.05, 0.1) is 11.3 Å². The Labute approximate surface area is 123 Å². The van der Waals surface area contributed by atoms with Crippen LogP contribution in [0, 0.1) is 13.8 Å². The van der Waals surface area contributed by atoms with Crippen molar-refractivity contribution in [3.05, 3.63) is 40.6 Å². The molecule has 0 aromatic carbocycles. The van der Waals surface area contributed by atoms with Crippen LogP contribution in [0.2, 0.25) is 0 Å². The molecule has 0 radical (unpaired) electrons. The van der Waals surface area contributed by atoms with E-state index in [9.17, 15) is 0 Å². The van der Waals surface area contributed by atoms with Crippen molar-refractivity contribution in [3.8, 4) is 5.82 Å². The molecule has 0 saturated carbocycles. The van der Waals surface area contributed by atoms with Gasteiger partial charge < -0.3 is 10.9 Å². The van der Waals surface area contributed by atoms with Crippen LogP contribution in [0.3, 0.4) is 0 Å². The number of oxime groups is 1. The van der Waals surface area contributed by atoms with Gasteiger partial charge in [-0.05, 0) is 51.2 Å². The van der Waals surface area contributed by atoms with E-state index in [1.807, 2.05) is 24.5 Å². The van der Waals surface area contributed by atoms with Gasteiger partial charge in [-0.1, -0.05) is 5.16 Å². The van der Waals surface area contributed by atoms with Crippen molar-refractivity contribution in [1.29, 1.82) is 0 Å². The zero-order valence-electron chi connectivity index (χ0n) is 12.3. The van der Waals surface area contributed by atoms with Gasteiger partial charge in [0.15, 0.2) is 5.84 Å². The summed E-state index contributed by atoms with van der Waals surface area (Å²) in [4.78, 5) is 9.09. The van der Waals surface area contributed by atoms with Crippen LogP contribution in [0.1, 0.15) is 41.1 Å². The number of aryl methyl sites for hydroxylation is 3. The van der Waals surface area contributed by atoms with Crippen molar-refractivity contribution in [2.24, 2.45) is 10.9 Å². The molecule has 2 aromatic rings. The normalized spacial score (nSPS) is 15.0. The van der Waals surface area contributed by atoms with E-state index >= 15 is 0 Å². The lowest BCUT2D eigenvalue weighted by Gasteiger charge is -2.19. The monoisotopic (exact) mass is 285 g/mol. The van der Waals surface area contributed by atoms with Gasteiger partial charge >= 0.3 is 0 Å². The van der Waals surface area contributed by atoms with Crippen LogP contribution in [0.4, 0.5) is 0 Å². The van der Waals surface area contributed by atoms with Gasteiger partial charge in [-0.15, -0.1) is 0 Å². The van der Waals surface area contributed by atoms with Gasteiger partial charge in [0, 0.05) is 11.4 Å². The van der Waals surface area contributed by atoms with Gasteiger partial charge in [-0.2, -0.15) is 0 Å². The maximum Gasteiger partial charge on any atom is 0.173 e. The number of amidine groups is 1. The van der Waals surface area contributed by atoms with E-state index in [0.717, 1.165) is 42.8 Å². The SMILES string of the molecule is Cc1ncn(-c2nc3c(cc2C(N)=NO)CCCC3)c1C. The molecule has 0 fully saturated rings. The molecule has 2 heterocycles. The fraction of sp³-hybridized carbons (Fsp3) is 0.400. The molecule has 0 bridgehead atoms. The second-order valence-electron chi connectivity index (χ2n) is 5.44. The summed E-state index contributed by atoms with van der Waals surface area (Å²) < 4.78 is 1.90. The fourth-order valence-corrected chi connectivity index (χ4v) is 2.76. The number of fused-ring (bicyclic) bond motifs is 1. The lowest BCUT2D eigenvalue weighted by molar-refractivity contribution is 0.318. The molecule has 0 amide bonds. The molecule has 0 aliphatic heterocycles. The first-order valence-corrected chi connectivity index (χ1v) is 7.13. The highest BCUT2D eigenvalue weighted by atomic mass is 16.4. The molecule has 21 heavy (non-hydrogen) atoms. The molecule has 0 unspecified atom stereocenters. The third-order valence-corrected chi connectivity index (χ3v) is 4.14. The summed E-state index contributed by atoms with van der Waals surface area (Å²) in [6, 6.07) is 2.00. The van der Waals surface area contributed by atoms with E-state index < -0.39 is 0 Å². The fourth-order valence-electron chi connectivity index (χ4n) is 2.76. The topological polar surface area (TPSA) is 89.3 Å². The number of hydrogen-bond acceptors (Lipinski definition) is 4. The number of pyridine rings is 1. The Morgan fingerprint density at radius 2 is 2.10 bits per heavy atom. The number of nitrogens with zero attached hydrogens (tertiary/aromatic N) is 4. The van der Waals surface area contributed by atoms with Crippen LogP contribution in [0.25, 0.3) is 5.82 Å². The first-order valence-electron chi connectivity index (χ1n) is 7.13. The molecule has 0 atom stereocenters.